The Kier molecular flexibility index (Phi) is 0.830. The van der Waals surface area contributed by atoms with Crippen molar-refractivity contribution in [1.29, 1.82) is 0 Å². The summed E-state index contributed by atoms with van der Waals surface area (Å²) in [5.41, 5.74) is 0.162. The maximum absolute atomic E-state index is 10.8. The van der Waals surface area contributed by atoms with E-state index < -0.39 is 0 Å². The summed E-state index contributed by atoms with van der Waals surface area (Å²) < 4.78 is 1.20. The van der Waals surface area contributed by atoms with Crippen LogP contribution in [0, 0.1) is 0 Å². The number of nitrogens with zero attached hydrogens (tertiary/aromatic N) is 4. The van der Waals surface area contributed by atoms with Crippen LogP contribution in [0.2, 0.25) is 0 Å². The van der Waals surface area contributed by atoms with Crippen LogP contribution in [0.5, 0.6) is 0 Å². The van der Waals surface area contributed by atoms with Gasteiger partial charge in [-0.05, 0) is 0 Å². The molecule has 6 nitrogen and oxygen atoms in total. The van der Waals surface area contributed by atoms with Crippen molar-refractivity contribution in [2.75, 3.05) is 0 Å². The van der Waals surface area contributed by atoms with Gasteiger partial charge in [0.25, 0.3) is 5.56 Å². The van der Waals surface area contributed by atoms with Crippen LogP contribution in [-0.4, -0.2) is 25.0 Å². The zero-order chi connectivity index (χ0) is 6.97. The van der Waals surface area contributed by atoms with Crippen LogP contribution in [0.4, 0.5) is 0 Å². The first-order valence-electron chi connectivity index (χ1n) is 2.62. The number of aromatic nitrogens is 5. The lowest BCUT2D eigenvalue weighted by Crippen LogP contribution is -2.14. The summed E-state index contributed by atoms with van der Waals surface area (Å²) in [4.78, 5) is 10.8. The average Bonchev–Trinajstić information content (AvgIpc) is 2.36. The minimum atomic E-state index is -0.262. The predicted octanol–water partition coefficient (Wildman–Crippen LogP) is -1.19. The van der Waals surface area contributed by atoms with Gasteiger partial charge in [0, 0.05) is 0 Å². The summed E-state index contributed by atoms with van der Waals surface area (Å²) in [6.45, 7) is 0. The van der Waals surface area contributed by atoms with Crippen LogP contribution in [0.1, 0.15) is 0 Å². The fraction of sp³-hybridized carbons (Fsp3) is 0. The van der Waals surface area contributed by atoms with Gasteiger partial charge in [0.1, 0.15) is 6.20 Å². The van der Waals surface area contributed by atoms with Crippen LogP contribution in [0.25, 0.3) is 5.65 Å². The van der Waals surface area contributed by atoms with Crippen LogP contribution in [0.15, 0.2) is 17.2 Å². The van der Waals surface area contributed by atoms with Gasteiger partial charge in [-0.2, -0.15) is 14.7 Å². The number of nitrogens with one attached hydrogen (secondary N) is 1. The maximum Gasteiger partial charge on any atom is 0.292 e. The standard InChI is InChI=1S/C4H3N5O/c10-4-2-5-7-3-1-6-8-9(3)4/h1-2,8H. The Morgan fingerprint density at radius 2 is 2.40 bits per heavy atom. The highest BCUT2D eigenvalue weighted by Gasteiger charge is 1.95. The molecule has 0 radical (unpaired) electrons. The first-order chi connectivity index (χ1) is 4.88. The Bertz CT molecular complexity index is 401. The molecule has 2 aromatic heterocycles. The van der Waals surface area contributed by atoms with Crippen molar-refractivity contribution in [2.24, 2.45) is 0 Å². The topological polar surface area (TPSA) is 75.9 Å². The Balaban J connectivity index is 3.09. The molecule has 6 heteroatoms. The third-order valence-corrected chi connectivity index (χ3v) is 1.12. The third-order valence-electron chi connectivity index (χ3n) is 1.12. The fourth-order valence-corrected chi connectivity index (χ4v) is 0.681. The quantitative estimate of drug-likeness (QED) is 0.495. The molecule has 0 spiro atoms. The van der Waals surface area contributed by atoms with E-state index in [-0.39, 0.29) is 5.56 Å². The second-order valence-corrected chi connectivity index (χ2v) is 1.73. The molecule has 1 N–H and O–H groups in total. The van der Waals surface area contributed by atoms with Crippen molar-refractivity contribution in [3.8, 4) is 0 Å². The van der Waals surface area contributed by atoms with Crippen molar-refractivity contribution in [3.05, 3.63) is 22.7 Å². The molecule has 0 atom stereocenters. The van der Waals surface area contributed by atoms with E-state index >= 15 is 0 Å². The van der Waals surface area contributed by atoms with Gasteiger partial charge in [0.2, 0.25) is 0 Å². The molecular weight excluding hydrogens is 134 g/mol. The van der Waals surface area contributed by atoms with E-state index in [2.05, 4.69) is 20.5 Å². The number of rotatable bonds is 0. The van der Waals surface area contributed by atoms with Gasteiger partial charge in [-0.3, -0.25) is 4.79 Å². The summed E-state index contributed by atoms with van der Waals surface area (Å²) in [6.07, 6.45) is 2.54. The molecular formula is C4H3N5O. The molecule has 0 unspecified atom stereocenters. The number of H-pyrrole nitrogens is 1. The molecule has 0 aliphatic heterocycles. The van der Waals surface area contributed by atoms with E-state index in [1.165, 1.54) is 10.7 Å². The van der Waals surface area contributed by atoms with Gasteiger partial charge in [0.15, 0.2) is 5.65 Å². The zero-order valence-corrected chi connectivity index (χ0v) is 4.85. The van der Waals surface area contributed by atoms with Crippen LogP contribution >= 0.6 is 0 Å². The first kappa shape index (κ1) is 5.10. The van der Waals surface area contributed by atoms with Gasteiger partial charge in [-0.25, -0.2) is 5.21 Å². The normalized spacial score (nSPS) is 10.4. The molecule has 0 saturated heterocycles. The fourth-order valence-electron chi connectivity index (χ4n) is 0.681. The molecule has 0 fully saturated rings. The molecule has 10 heavy (non-hydrogen) atoms. The average molecular weight is 137 g/mol. The van der Waals surface area contributed by atoms with Crippen molar-refractivity contribution in [2.45, 2.75) is 0 Å². The molecule has 2 heterocycles. The third kappa shape index (κ3) is 0.524. The summed E-state index contributed by atoms with van der Waals surface area (Å²) in [7, 11) is 0. The minimum absolute atomic E-state index is 0.262. The van der Waals surface area contributed by atoms with Crippen molar-refractivity contribution >= 4 is 5.65 Å². The van der Waals surface area contributed by atoms with Crippen LogP contribution in [-0.2, 0) is 0 Å². The minimum Gasteiger partial charge on any atom is -0.266 e. The highest BCUT2D eigenvalue weighted by Crippen LogP contribution is 1.83. The van der Waals surface area contributed by atoms with Gasteiger partial charge < -0.3 is 0 Å². The lowest BCUT2D eigenvalue weighted by Gasteiger charge is -1.83. The van der Waals surface area contributed by atoms with E-state index in [1.54, 1.807) is 0 Å². The lowest BCUT2D eigenvalue weighted by molar-refractivity contribution is 0.797. The smallest absolute Gasteiger partial charge is 0.266 e. The SMILES string of the molecule is O=c1cnnc2cn[nH]n12. The van der Waals surface area contributed by atoms with E-state index in [0.717, 1.165) is 6.20 Å². The van der Waals surface area contributed by atoms with E-state index in [1.807, 2.05) is 0 Å². The largest absolute Gasteiger partial charge is 0.292 e. The highest BCUT2D eigenvalue weighted by molar-refractivity contribution is 5.29. The summed E-state index contributed by atoms with van der Waals surface area (Å²) >= 11 is 0. The molecule has 0 aliphatic rings. The molecule has 2 rings (SSSR count). The molecule has 0 amide bonds. The zero-order valence-electron chi connectivity index (χ0n) is 4.85. The van der Waals surface area contributed by atoms with Crippen LogP contribution in [0.3, 0.4) is 0 Å². The molecule has 0 bridgehead atoms. The van der Waals surface area contributed by atoms with Gasteiger partial charge >= 0.3 is 0 Å². The van der Waals surface area contributed by atoms with Gasteiger partial charge in [-0.15, -0.1) is 5.10 Å². The molecule has 0 aromatic carbocycles. The number of aromatic amines is 1. The molecule has 50 valence electrons. The number of hydrogen-bond acceptors (Lipinski definition) is 4. The Labute approximate surface area is 54.5 Å². The van der Waals surface area contributed by atoms with Crippen molar-refractivity contribution in [1.82, 2.24) is 25.0 Å². The number of fused-ring (bicyclic) bond motifs is 1. The van der Waals surface area contributed by atoms with Crippen LogP contribution < -0.4 is 5.56 Å². The van der Waals surface area contributed by atoms with Gasteiger partial charge in [0.05, 0.1) is 6.20 Å². The van der Waals surface area contributed by atoms with E-state index in [4.69, 9.17) is 0 Å². The van der Waals surface area contributed by atoms with E-state index in [9.17, 15) is 4.79 Å². The second-order valence-electron chi connectivity index (χ2n) is 1.73. The van der Waals surface area contributed by atoms with Crippen molar-refractivity contribution in [3.63, 3.8) is 0 Å². The summed E-state index contributed by atoms with van der Waals surface area (Å²) in [5.74, 6) is 0. The molecule has 0 aliphatic carbocycles. The Morgan fingerprint density at radius 3 is 3.20 bits per heavy atom. The maximum atomic E-state index is 10.8. The predicted molar refractivity (Wildman–Crippen MR) is 31.4 cm³/mol. The Hall–Kier alpha value is -1.72. The second kappa shape index (κ2) is 1.63. The van der Waals surface area contributed by atoms with Crippen molar-refractivity contribution < 1.29 is 0 Å². The summed E-state index contributed by atoms with van der Waals surface area (Å²) in [6, 6.07) is 0. The lowest BCUT2D eigenvalue weighted by atomic mass is 10.8. The van der Waals surface area contributed by atoms with Gasteiger partial charge in [-0.1, -0.05) is 0 Å². The molecule has 0 saturated carbocycles. The number of hydrogen-bond donors (Lipinski definition) is 1. The molecule has 2 aromatic rings. The summed E-state index contributed by atoms with van der Waals surface area (Å²) in [5, 5.41) is 13.1. The van der Waals surface area contributed by atoms with E-state index in [0.29, 0.717) is 5.65 Å². The highest BCUT2D eigenvalue weighted by atomic mass is 16.1. The first-order valence-corrected chi connectivity index (χ1v) is 2.62. The monoisotopic (exact) mass is 137 g/mol. The Morgan fingerprint density at radius 1 is 1.50 bits per heavy atom.